The molecule has 5 heteroatoms. The van der Waals surface area contributed by atoms with E-state index in [1.54, 1.807) is 14.0 Å². The van der Waals surface area contributed by atoms with Gasteiger partial charge in [0.1, 0.15) is 0 Å². The summed E-state index contributed by atoms with van der Waals surface area (Å²) in [4.78, 5) is 24.4. The fourth-order valence-electron chi connectivity index (χ4n) is 2.57. The Morgan fingerprint density at radius 1 is 1.12 bits per heavy atom. The number of aliphatic carboxylic acids is 1. The molecule has 2 amide bonds. The first kappa shape index (κ1) is 18.5. The van der Waals surface area contributed by atoms with E-state index in [0.29, 0.717) is 6.54 Å². The minimum absolute atomic E-state index is 0.171. The Labute approximate surface area is 148 Å². The van der Waals surface area contributed by atoms with Gasteiger partial charge in [0.05, 0.1) is 5.92 Å². The lowest BCUT2D eigenvalue weighted by molar-refractivity contribution is -0.141. The largest absolute Gasteiger partial charge is 0.481 e. The van der Waals surface area contributed by atoms with Crippen molar-refractivity contribution in [1.29, 1.82) is 0 Å². The number of nitrogens with one attached hydrogen (secondary N) is 1. The van der Waals surface area contributed by atoms with Crippen LogP contribution in [0.1, 0.15) is 18.1 Å². The summed E-state index contributed by atoms with van der Waals surface area (Å²) in [7, 11) is 1.60. The number of aryl methyl sites for hydroxylation is 1. The van der Waals surface area contributed by atoms with Crippen LogP contribution < -0.4 is 5.32 Å². The summed E-state index contributed by atoms with van der Waals surface area (Å²) in [6.07, 6.45) is 0. The lowest BCUT2D eigenvalue weighted by atomic mass is 10.0. The monoisotopic (exact) mass is 340 g/mol. The van der Waals surface area contributed by atoms with Crippen LogP contribution in [0.3, 0.4) is 0 Å². The summed E-state index contributed by atoms with van der Waals surface area (Å²) in [5.74, 6) is -1.51. The van der Waals surface area contributed by atoms with Crippen LogP contribution in [0, 0.1) is 12.8 Å². The molecule has 0 saturated heterocycles. The molecule has 1 atom stereocenters. The van der Waals surface area contributed by atoms with E-state index < -0.39 is 11.9 Å². The highest BCUT2D eigenvalue weighted by atomic mass is 16.4. The zero-order valence-corrected chi connectivity index (χ0v) is 14.8. The molecular weight excluding hydrogens is 316 g/mol. The average Bonchev–Trinajstić information content (AvgIpc) is 2.59. The average molecular weight is 340 g/mol. The van der Waals surface area contributed by atoms with Crippen molar-refractivity contribution in [1.82, 2.24) is 10.2 Å². The molecule has 0 fully saturated rings. The van der Waals surface area contributed by atoms with Crippen molar-refractivity contribution in [2.75, 3.05) is 13.6 Å². The number of rotatable bonds is 6. The first-order valence-corrected chi connectivity index (χ1v) is 8.24. The molecule has 5 nitrogen and oxygen atoms in total. The number of nitrogens with zero attached hydrogens (tertiary/aromatic N) is 1. The summed E-state index contributed by atoms with van der Waals surface area (Å²) in [6, 6.07) is 16.0. The Morgan fingerprint density at radius 2 is 1.76 bits per heavy atom. The van der Waals surface area contributed by atoms with Gasteiger partial charge in [-0.3, -0.25) is 4.79 Å². The standard InChI is InChI=1S/C20H24N2O3/c1-14-6-4-8-17(10-14)18-9-5-7-16(11-18)12-21-20(25)22(3)13-15(2)19(23)24/h4-11,15H,12-13H2,1-3H3,(H,21,25)(H,23,24). The van der Waals surface area contributed by atoms with Crippen LogP contribution in [0.15, 0.2) is 48.5 Å². The van der Waals surface area contributed by atoms with Gasteiger partial charge in [-0.1, -0.05) is 55.0 Å². The van der Waals surface area contributed by atoms with Gasteiger partial charge in [0, 0.05) is 20.1 Å². The highest BCUT2D eigenvalue weighted by molar-refractivity contribution is 5.75. The quantitative estimate of drug-likeness (QED) is 0.845. The first-order chi connectivity index (χ1) is 11.9. The Hall–Kier alpha value is -2.82. The van der Waals surface area contributed by atoms with Crippen LogP contribution in [0.25, 0.3) is 11.1 Å². The maximum Gasteiger partial charge on any atom is 0.317 e. The minimum atomic E-state index is -0.912. The van der Waals surface area contributed by atoms with Crippen LogP contribution in [0.2, 0.25) is 0 Å². The molecule has 2 aromatic carbocycles. The summed E-state index contributed by atoms with van der Waals surface area (Å²) < 4.78 is 0. The Balaban J connectivity index is 1.98. The molecule has 2 N–H and O–H groups in total. The van der Waals surface area contributed by atoms with Crippen molar-refractivity contribution in [2.24, 2.45) is 5.92 Å². The van der Waals surface area contributed by atoms with Crippen LogP contribution in [-0.4, -0.2) is 35.6 Å². The lowest BCUT2D eigenvalue weighted by Crippen LogP contribution is -2.40. The molecular formula is C20H24N2O3. The van der Waals surface area contributed by atoms with Gasteiger partial charge < -0.3 is 15.3 Å². The maximum absolute atomic E-state index is 12.1. The SMILES string of the molecule is Cc1cccc(-c2cccc(CNC(=O)N(C)CC(C)C(=O)O)c2)c1. The molecule has 0 heterocycles. The second-order valence-electron chi connectivity index (χ2n) is 6.35. The Bertz CT molecular complexity index is 758. The number of carbonyl (C=O) groups excluding carboxylic acids is 1. The molecule has 0 spiro atoms. The van der Waals surface area contributed by atoms with Crippen molar-refractivity contribution in [3.63, 3.8) is 0 Å². The molecule has 0 aliphatic carbocycles. The van der Waals surface area contributed by atoms with Crippen molar-refractivity contribution in [3.8, 4) is 11.1 Å². The first-order valence-electron chi connectivity index (χ1n) is 8.24. The van der Waals surface area contributed by atoms with Crippen LogP contribution >= 0.6 is 0 Å². The predicted octanol–water partition coefficient (Wildman–Crippen LogP) is 3.52. The molecule has 25 heavy (non-hydrogen) atoms. The van der Waals surface area contributed by atoms with Gasteiger partial charge in [0.25, 0.3) is 0 Å². The van der Waals surface area contributed by atoms with Crippen LogP contribution in [0.4, 0.5) is 4.79 Å². The smallest absolute Gasteiger partial charge is 0.317 e. The zero-order chi connectivity index (χ0) is 18.4. The van der Waals surface area contributed by atoms with E-state index >= 15 is 0 Å². The number of carboxylic acids is 1. The zero-order valence-electron chi connectivity index (χ0n) is 14.8. The highest BCUT2D eigenvalue weighted by Crippen LogP contribution is 2.21. The van der Waals surface area contributed by atoms with Gasteiger partial charge in [-0.25, -0.2) is 4.79 Å². The van der Waals surface area contributed by atoms with E-state index in [1.807, 2.05) is 24.3 Å². The van der Waals surface area contributed by atoms with E-state index in [2.05, 4.69) is 36.5 Å². The molecule has 0 aromatic heterocycles. The molecule has 0 bridgehead atoms. The van der Waals surface area contributed by atoms with E-state index in [9.17, 15) is 9.59 Å². The lowest BCUT2D eigenvalue weighted by Gasteiger charge is -2.20. The molecule has 1 unspecified atom stereocenters. The Kier molecular flexibility index (Phi) is 6.17. The van der Waals surface area contributed by atoms with Crippen LogP contribution in [0.5, 0.6) is 0 Å². The fourth-order valence-corrected chi connectivity index (χ4v) is 2.57. The third-order valence-electron chi connectivity index (χ3n) is 4.04. The van der Waals surface area contributed by atoms with Crippen molar-refractivity contribution in [2.45, 2.75) is 20.4 Å². The number of urea groups is 1. The maximum atomic E-state index is 12.1. The molecule has 0 radical (unpaired) electrons. The molecule has 132 valence electrons. The van der Waals surface area contributed by atoms with E-state index in [0.717, 1.165) is 16.7 Å². The Morgan fingerprint density at radius 3 is 2.40 bits per heavy atom. The molecule has 0 saturated carbocycles. The molecule has 0 aliphatic heterocycles. The third-order valence-corrected chi connectivity index (χ3v) is 4.04. The summed E-state index contributed by atoms with van der Waals surface area (Å²) >= 11 is 0. The van der Waals surface area contributed by atoms with Gasteiger partial charge in [-0.15, -0.1) is 0 Å². The second-order valence-corrected chi connectivity index (χ2v) is 6.35. The normalized spacial score (nSPS) is 11.6. The van der Waals surface area contributed by atoms with Gasteiger partial charge in [0.15, 0.2) is 0 Å². The van der Waals surface area contributed by atoms with Gasteiger partial charge in [-0.05, 0) is 29.7 Å². The van der Waals surface area contributed by atoms with Crippen molar-refractivity contribution in [3.05, 3.63) is 59.7 Å². The van der Waals surface area contributed by atoms with Gasteiger partial charge in [0.2, 0.25) is 0 Å². The van der Waals surface area contributed by atoms with E-state index in [-0.39, 0.29) is 12.6 Å². The number of hydrogen-bond donors (Lipinski definition) is 2. The van der Waals surface area contributed by atoms with Crippen molar-refractivity contribution < 1.29 is 14.7 Å². The van der Waals surface area contributed by atoms with Gasteiger partial charge >= 0.3 is 12.0 Å². The highest BCUT2D eigenvalue weighted by Gasteiger charge is 2.17. The number of carbonyl (C=O) groups is 2. The molecule has 2 rings (SSSR count). The number of hydrogen-bond acceptors (Lipinski definition) is 2. The summed E-state index contributed by atoms with van der Waals surface area (Å²) in [5.41, 5.74) is 4.43. The number of amides is 2. The summed E-state index contributed by atoms with van der Waals surface area (Å²) in [5, 5.41) is 11.7. The van der Waals surface area contributed by atoms with E-state index in [4.69, 9.17) is 5.11 Å². The number of benzene rings is 2. The molecule has 0 aliphatic rings. The fraction of sp³-hybridized carbons (Fsp3) is 0.300. The topological polar surface area (TPSA) is 69.6 Å². The van der Waals surface area contributed by atoms with Crippen molar-refractivity contribution >= 4 is 12.0 Å². The predicted molar refractivity (Wildman–Crippen MR) is 98.3 cm³/mol. The van der Waals surface area contributed by atoms with Gasteiger partial charge in [-0.2, -0.15) is 0 Å². The number of carboxylic acid groups (broad SMARTS) is 1. The second kappa shape index (κ2) is 8.33. The third kappa shape index (κ3) is 5.35. The molecule has 2 aromatic rings. The minimum Gasteiger partial charge on any atom is -0.481 e. The summed E-state index contributed by atoms with van der Waals surface area (Å²) in [6.45, 7) is 4.20. The van der Waals surface area contributed by atoms with Crippen LogP contribution in [-0.2, 0) is 11.3 Å². The van der Waals surface area contributed by atoms with E-state index in [1.165, 1.54) is 10.5 Å².